The predicted octanol–water partition coefficient (Wildman–Crippen LogP) is 1.46. The maximum Gasteiger partial charge on any atom is 0.233 e. The zero-order valence-corrected chi connectivity index (χ0v) is 13.6. The van der Waals surface area contributed by atoms with Gasteiger partial charge >= 0.3 is 0 Å². The van der Waals surface area contributed by atoms with Gasteiger partial charge in [-0.15, -0.1) is 0 Å². The van der Waals surface area contributed by atoms with Crippen LogP contribution in [0.4, 0.5) is 5.69 Å². The summed E-state index contributed by atoms with van der Waals surface area (Å²) in [5.41, 5.74) is 1.73. The maximum atomic E-state index is 12.3. The highest BCUT2D eigenvalue weighted by Crippen LogP contribution is 2.24. The van der Waals surface area contributed by atoms with Gasteiger partial charge in [0, 0.05) is 32.7 Å². The molecule has 0 saturated carbocycles. The Morgan fingerprint density at radius 1 is 1.24 bits per heavy atom. The summed E-state index contributed by atoms with van der Waals surface area (Å²) in [4.78, 5) is 2.18. The van der Waals surface area contributed by atoms with Crippen LogP contribution in [-0.4, -0.2) is 51.8 Å². The number of anilines is 1. The van der Waals surface area contributed by atoms with E-state index in [4.69, 9.17) is 0 Å². The second-order valence-electron chi connectivity index (χ2n) is 5.75. The number of nitrogens with zero attached hydrogens (tertiary/aromatic N) is 1. The molecule has 1 heterocycles. The first-order valence-corrected chi connectivity index (χ1v) is 9.15. The van der Waals surface area contributed by atoms with Crippen LogP contribution in [0.1, 0.15) is 25.3 Å². The van der Waals surface area contributed by atoms with Crippen molar-refractivity contribution in [3.05, 3.63) is 29.8 Å². The first-order chi connectivity index (χ1) is 9.98. The van der Waals surface area contributed by atoms with Crippen LogP contribution in [0.5, 0.6) is 0 Å². The van der Waals surface area contributed by atoms with Crippen LogP contribution in [0.3, 0.4) is 0 Å². The van der Waals surface area contributed by atoms with Crippen molar-refractivity contribution in [2.75, 3.05) is 43.2 Å². The Kier molecular flexibility index (Phi) is 5.61. The van der Waals surface area contributed by atoms with Crippen LogP contribution in [0, 0.1) is 0 Å². The molecule has 1 aromatic carbocycles. The topological polar surface area (TPSA) is 61.4 Å². The van der Waals surface area contributed by atoms with Gasteiger partial charge in [-0.3, -0.25) is 9.62 Å². The quantitative estimate of drug-likeness (QED) is 0.835. The molecule has 1 saturated heterocycles. The Bertz CT molecular complexity index is 552. The fourth-order valence-corrected chi connectivity index (χ4v) is 3.62. The maximum absolute atomic E-state index is 12.3. The molecular formula is C15H25N3O2S. The first kappa shape index (κ1) is 16.3. The molecule has 1 aliphatic rings. The number of sulfonamides is 1. The molecular weight excluding hydrogens is 286 g/mol. The summed E-state index contributed by atoms with van der Waals surface area (Å²) >= 11 is 0. The Morgan fingerprint density at radius 3 is 2.57 bits per heavy atom. The zero-order chi connectivity index (χ0) is 15.3. The van der Waals surface area contributed by atoms with E-state index in [1.54, 1.807) is 0 Å². The lowest BCUT2D eigenvalue weighted by atomic mass is 10.0. The largest absolute Gasteiger partial charge is 0.314 e. The fraction of sp³-hybridized carbons (Fsp3) is 0.600. The molecule has 0 bridgehead atoms. The van der Waals surface area contributed by atoms with Gasteiger partial charge in [-0.1, -0.05) is 32.0 Å². The molecule has 0 radical (unpaired) electrons. The summed E-state index contributed by atoms with van der Waals surface area (Å²) < 4.78 is 27.3. The van der Waals surface area contributed by atoms with Gasteiger partial charge in [0.15, 0.2) is 0 Å². The van der Waals surface area contributed by atoms with Gasteiger partial charge in [0.25, 0.3) is 0 Å². The molecule has 1 fully saturated rings. The molecule has 1 aromatic rings. The third kappa shape index (κ3) is 4.98. The highest BCUT2D eigenvalue weighted by atomic mass is 32.2. The minimum Gasteiger partial charge on any atom is -0.314 e. The van der Waals surface area contributed by atoms with Crippen molar-refractivity contribution in [1.29, 1.82) is 0 Å². The zero-order valence-electron chi connectivity index (χ0n) is 12.8. The van der Waals surface area contributed by atoms with Gasteiger partial charge in [0.1, 0.15) is 0 Å². The van der Waals surface area contributed by atoms with Crippen molar-refractivity contribution in [2.24, 2.45) is 0 Å². The Morgan fingerprint density at radius 2 is 1.90 bits per heavy atom. The lowest BCUT2D eigenvalue weighted by Crippen LogP contribution is -2.45. The summed E-state index contributed by atoms with van der Waals surface area (Å²) in [6, 6.07) is 7.60. The summed E-state index contributed by atoms with van der Waals surface area (Å²) in [6.45, 7) is 8.41. The Balaban J connectivity index is 1.97. The van der Waals surface area contributed by atoms with Crippen LogP contribution in [0.15, 0.2) is 24.3 Å². The Labute approximate surface area is 127 Å². The molecule has 1 aliphatic heterocycles. The van der Waals surface area contributed by atoms with Crippen molar-refractivity contribution in [2.45, 2.75) is 19.8 Å². The molecule has 2 N–H and O–H groups in total. The number of benzene rings is 1. The van der Waals surface area contributed by atoms with Crippen molar-refractivity contribution in [1.82, 2.24) is 10.2 Å². The molecule has 0 aromatic heterocycles. The van der Waals surface area contributed by atoms with Crippen LogP contribution in [-0.2, 0) is 10.0 Å². The van der Waals surface area contributed by atoms with E-state index in [0.717, 1.165) is 31.7 Å². The first-order valence-electron chi connectivity index (χ1n) is 7.50. The predicted molar refractivity (Wildman–Crippen MR) is 87.3 cm³/mol. The number of piperazine rings is 1. The van der Waals surface area contributed by atoms with Crippen molar-refractivity contribution in [3.8, 4) is 0 Å². The highest BCUT2D eigenvalue weighted by Gasteiger charge is 2.17. The third-order valence-electron chi connectivity index (χ3n) is 3.73. The van der Waals surface area contributed by atoms with E-state index >= 15 is 0 Å². The molecule has 6 heteroatoms. The normalized spacial score (nSPS) is 17.1. The third-order valence-corrected chi connectivity index (χ3v) is 4.99. The summed E-state index contributed by atoms with van der Waals surface area (Å²) in [7, 11) is -3.30. The smallest absolute Gasteiger partial charge is 0.233 e. The molecule has 118 valence electrons. The molecule has 0 spiro atoms. The van der Waals surface area contributed by atoms with Crippen LogP contribution < -0.4 is 10.0 Å². The highest BCUT2D eigenvalue weighted by molar-refractivity contribution is 7.92. The molecule has 0 aliphatic carbocycles. The number of rotatable bonds is 6. The van der Waals surface area contributed by atoms with Crippen LogP contribution in [0.25, 0.3) is 0 Å². The summed E-state index contributed by atoms with van der Waals surface area (Å²) in [5.74, 6) is 0.427. The minimum atomic E-state index is -3.30. The number of hydrogen-bond acceptors (Lipinski definition) is 4. The van der Waals surface area contributed by atoms with Crippen LogP contribution >= 0.6 is 0 Å². The van der Waals surface area contributed by atoms with E-state index in [1.165, 1.54) is 0 Å². The SMILES string of the molecule is CC(C)c1ccccc1NS(=O)(=O)CCN1CCNCC1. The second kappa shape index (κ2) is 7.24. The molecule has 2 rings (SSSR count). The second-order valence-corrected chi connectivity index (χ2v) is 7.60. The fourth-order valence-electron chi connectivity index (χ4n) is 2.50. The summed E-state index contributed by atoms with van der Waals surface area (Å²) in [6.07, 6.45) is 0. The molecule has 5 nitrogen and oxygen atoms in total. The monoisotopic (exact) mass is 311 g/mol. The number of para-hydroxylation sites is 1. The standard InChI is InChI=1S/C15H25N3O2S/c1-13(2)14-5-3-4-6-15(14)17-21(19,20)12-11-18-9-7-16-8-10-18/h3-6,13,16-17H,7-12H2,1-2H3. The average molecular weight is 311 g/mol. The van der Waals surface area contributed by atoms with Crippen molar-refractivity contribution < 1.29 is 8.42 Å². The molecule has 0 amide bonds. The van der Waals surface area contributed by atoms with Gasteiger partial charge in [-0.2, -0.15) is 0 Å². The van der Waals surface area contributed by atoms with Gasteiger partial charge < -0.3 is 5.32 Å². The van der Waals surface area contributed by atoms with E-state index < -0.39 is 10.0 Å². The molecule has 21 heavy (non-hydrogen) atoms. The lowest BCUT2D eigenvalue weighted by Gasteiger charge is -2.27. The molecule has 0 atom stereocenters. The van der Waals surface area contributed by atoms with E-state index in [0.29, 0.717) is 12.2 Å². The number of nitrogens with one attached hydrogen (secondary N) is 2. The van der Waals surface area contributed by atoms with E-state index in [2.05, 4.69) is 28.8 Å². The minimum absolute atomic E-state index is 0.138. The van der Waals surface area contributed by atoms with Gasteiger partial charge in [-0.25, -0.2) is 8.42 Å². The average Bonchev–Trinajstić information content (AvgIpc) is 2.46. The van der Waals surface area contributed by atoms with E-state index in [-0.39, 0.29) is 11.7 Å². The summed E-state index contributed by atoms with van der Waals surface area (Å²) in [5, 5.41) is 3.26. The van der Waals surface area contributed by atoms with Gasteiger partial charge in [-0.05, 0) is 17.5 Å². The Hall–Kier alpha value is -1.11. The van der Waals surface area contributed by atoms with Crippen molar-refractivity contribution >= 4 is 15.7 Å². The van der Waals surface area contributed by atoms with Gasteiger partial charge in [0.05, 0.1) is 11.4 Å². The van der Waals surface area contributed by atoms with E-state index in [1.807, 2.05) is 24.3 Å². The van der Waals surface area contributed by atoms with E-state index in [9.17, 15) is 8.42 Å². The van der Waals surface area contributed by atoms with Crippen LogP contribution in [0.2, 0.25) is 0 Å². The lowest BCUT2D eigenvalue weighted by molar-refractivity contribution is 0.254. The van der Waals surface area contributed by atoms with Crippen molar-refractivity contribution in [3.63, 3.8) is 0 Å². The number of hydrogen-bond donors (Lipinski definition) is 2. The van der Waals surface area contributed by atoms with Gasteiger partial charge in [0.2, 0.25) is 10.0 Å². The molecule has 0 unspecified atom stereocenters.